The SMILES string of the molecule is COc1cc(C2=CSC(C)N2)cc2sc(CC(=N)OC(=N)CC(=O)NC3(C#N)CC3)nc12. The Hall–Kier alpha value is -3.10. The maximum atomic E-state index is 12.0. The molecular formula is C21H22N6O3S2. The van der Waals surface area contributed by atoms with Crippen molar-refractivity contribution < 1.29 is 14.3 Å². The Morgan fingerprint density at radius 2 is 2.19 bits per heavy atom. The summed E-state index contributed by atoms with van der Waals surface area (Å²) in [6, 6.07) is 6.04. The molecule has 2 heterocycles. The maximum absolute atomic E-state index is 12.0. The van der Waals surface area contributed by atoms with E-state index in [1.54, 1.807) is 18.9 Å². The van der Waals surface area contributed by atoms with Crippen molar-refractivity contribution in [1.29, 1.82) is 16.1 Å². The number of fused-ring (bicyclic) bond motifs is 1. The second kappa shape index (κ2) is 8.80. The number of nitrogens with zero attached hydrogens (tertiary/aromatic N) is 2. The number of aromatic nitrogens is 1. The van der Waals surface area contributed by atoms with Crippen LogP contribution in [0.25, 0.3) is 15.9 Å². The highest BCUT2D eigenvalue weighted by molar-refractivity contribution is 8.03. The van der Waals surface area contributed by atoms with Gasteiger partial charge in [-0.05, 0) is 37.3 Å². The van der Waals surface area contributed by atoms with Crippen LogP contribution in [0.5, 0.6) is 5.75 Å². The Balaban J connectivity index is 1.40. The molecule has 1 aliphatic heterocycles. The third-order valence-electron chi connectivity index (χ3n) is 5.01. The molecule has 166 valence electrons. The summed E-state index contributed by atoms with van der Waals surface area (Å²) in [6.45, 7) is 2.09. The van der Waals surface area contributed by atoms with Crippen LogP contribution < -0.4 is 15.4 Å². The van der Waals surface area contributed by atoms with E-state index in [1.807, 2.05) is 12.1 Å². The van der Waals surface area contributed by atoms with Gasteiger partial charge in [-0.1, -0.05) is 0 Å². The summed E-state index contributed by atoms with van der Waals surface area (Å²) in [5.41, 5.74) is 1.96. The number of hydrogen-bond acceptors (Lipinski definition) is 10. The van der Waals surface area contributed by atoms with E-state index in [4.69, 9.17) is 25.6 Å². The van der Waals surface area contributed by atoms with Crippen molar-refractivity contribution in [3.63, 3.8) is 0 Å². The van der Waals surface area contributed by atoms with Crippen molar-refractivity contribution in [2.45, 2.75) is 43.5 Å². The molecule has 4 N–H and O–H groups in total. The molecule has 1 saturated carbocycles. The van der Waals surface area contributed by atoms with E-state index in [2.05, 4.69) is 34.0 Å². The fraction of sp³-hybridized carbons (Fsp3) is 0.381. The first-order valence-corrected chi connectivity index (χ1v) is 11.7. The van der Waals surface area contributed by atoms with E-state index < -0.39 is 11.4 Å². The number of hydrogen-bond donors (Lipinski definition) is 4. The lowest BCUT2D eigenvalue weighted by molar-refractivity contribution is -0.120. The molecular weight excluding hydrogens is 448 g/mol. The molecule has 2 aromatic rings. The molecule has 2 aliphatic rings. The van der Waals surface area contributed by atoms with Crippen LogP contribution in [0, 0.1) is 22.1 Å². The van der Waals surface area contributed by atoms with E-state index in [1.165, 1.54) is 11.3 Å². The summed E-state index contributed by atoms with van der Waals surface area (Å²) < 4.78 is 11.7. The second-order valence-corrected chi connectivity index (χ2v) is 9.96. The van der Waals surface area contributed by atoms with E-state index in [0.29, 0.717) is 34.5 Å². The number of nitriles is 1. The van der Waals surface area contributed by atoms with E-state index in [9.17, 15) is 4.79 Å². The first-order valence-electron chi connectivity index (χ1n) is 9.96. The topological polar surface area (TPSA) is 144 Å². The van der Waals surface area contributed by atoms with Gasteiger partial charge >= 0.3 is 0 Å². The van der Waals surface area contributed by atoms with Gasteiger partial charge in [0, 0.05) is 11.3 Å². The summed E-state index contributed by atoms with van der Waals surface area (Å²) in [5.74, 6) is -0.321. The minimum Gasteiger partial charge on any atom is -0.494 e. The Morgan fingerprint density at radius 1 is 1.41 bits per heavy atom. The van der Waals surface area contributed by atoms with Gasteiger partial charge in [0.15, 0.2) is 11.8 Å². The molecule has 1 amide bonds. The summed E-state index contributed by atoms with van der Waals surface area (Å²) in [7, 11) is 1.60. The molecule has 1 aromatic carbocycles. The summed E-state index contributed by atoms with van der Waals surface area (Å²) in [6.07, 6.45) is 1.01. The summed E-state index contributed by atoms with van der Waals surface area (Å²) >= 11 is 3.14. The molecule has 9 nitrogen and oxygen atoms in total. The highest BCUT2D eigenvalue weighted by Gasteiger charge is 2.44. The lowest BCUT2D eigenvalue weighted by Gasteiger charge is -2.10. The van der Waals surface area contributed by atoms with Gasteiger partial charge in [0.25, 0.3) is 0 Å². The minimum atomic E-state index is -0.787. The Morgan fingerprint density at radius 3 is 2.81 bits per heavy atom. The third-order valence-corrected chi connectivity index (χ3v) is 6.91. The maximum Gasteiger partial charge on any atom is 0.230 e. The summed E-state index contributed by atoms with van der Waals surface area (Å²) in [4.78, 5) is 16.6. The van der Waals surface area contributed by atoms with Crippen molar-refractivity contribution in [1.82, 2.24) is 15.6 Å². The van der Waals surface area contributed by atoms with Crippen LogP contribution in [-0.4, -0.2) is 40.7 Å². The first-order chi connectivity index (χ1) is 15.3. The Bertz CT molecular complexity index is 1180. The molecule has 0 saturated heterocycles. The smallest absolute Gasteiger partial charge is 0.230 e. The highest BCUT2D eigenvalue weighted by Crippen LogP contribution is 2.36. The van der Waals surface area contributed by atoms with Gasteiger partial charge in [-0.3, -0.25) is 15.6 Å². The van der Waals surface area contributed by atoms with Crippen molar-refractivity contribution in [3.05, 3.63) is 28.1 Å². The minimum absolute atomic E-state index is 0.0950. The molecule has 0 radical (unpaired) electrons. The quantitative estimate of drug-likeness (QED) is 0.359. The molecule has 32 heavy (non-hydrogen) atoms. The van der Waals surface area contributed by atoms with Crippen molar-refractivity contribution in [2.24, 2.45) is 0 Å². The van der Waals surface area contributed by atoms with Gasteiger partial charge in [0.2, 0.25) is 5.91 Å². The number of thiazole rings is 1. The van der Waals surface area contributed by atoms with Crippen LogP contribution in [0.2, 0.25) is 0 Å². The Kier molecular flexibility index (Phi) is 6.08. The van der Waals surface area contributed by atoms with Crippen LogP contribution in [0.1, 0.15) is 36.8 Å². The number of benzene rings is 1. The molecule has 1 aliphatic carbocycles. The number of thioether (sulfide) groups is 1. The predicted octanol–water partition coefficient (Wildman–Crippen LogP) is 3.36. The molecule has 4 rings (SSSR count). The Labute approximate surface area is 193 Å². The lowest BCUT2D eigenvalue weighted by atomic mass is 10.1. The van der Waals surface area contributed by atoms with Gasteiger partial charge in [-0.15, -0.1) is 23.1 Å². The van der Waals surface area contributed by atoms with Crippen LogP contribution in [0.4, 0.5) is 0 Å². The van der Waals surface area contributed by atoms with Crippen LogP contribution in [0.15, 0.2) is 17.5 Å². The number of ether oxygens (including phenoxy) is 2. The molecule has 1 fully saturated rings. The number of carbonyl (C=O) groups excluding carboxylic acids is 1. The lowest BCUT2D eigenvalue weighted by Crippen LogP contribution is -2.37. The largest absolute Gasteiger partial charge is 0.494 e. The highest BCUT2D eigenvalue weighted by atomic mass is 32.2. The fourth-order valence-electron chi connectivity index (χ4n) is 3.24. The average molecular weight is 471 g/mol. The predicted molar refractivity (Wildman–Crippen MR) is 125 cm³/mol. The average Bonchev–Trinajstić information content (AvgIpc) is 3.17. The third kappa shape index (κ3) is 4.87. The monoisotopic (exact) mass is 470 g/mol. The number of rotatable bonds is 7. The van der Waals surface area contributed by atoms with Gasteiger partial charge in [0.05, 0.1) is 29.7 Å². The normalized spacial score (nSPS) is 18.3. The van der Waals surface area contributed by atoms with Gasteiger partial charge in [-0.2, -0.15) is 5.26 Å². The van der Waals surface area contributed by atoms with Gasteiger partial charge < -0.3 is 20.1 Å². The van der Waals surface area contributed by atoms with Crippen molar-refractivity contribution in [3.8, 4) is 11.8 Å². The zero-order valence-corrected chi connectivity index (χ0v) is 19.2. The zero-order valence-electron chi connectivity index (χ0n) is 17.6. The van der Waals surface area contributed by atoms with Crippen LogP contribution in [-0.2, 0) is 16.0 Å². The molecule has 1 aromatic heterocycles. The van der Waals surface area contributed by atoms with Gasteiger partial charge in [0.1, 0.15) is 28.2 Å². The first kappa shape index (κ1) is 22.1. The standard InChI is InChI=1S/C21H22N6O3S2/c1-11-25-13(9-31-11)12-5-14(29-2)20-15(6-12)32-19(26-20)8-17(24)30-16(23)7-18(28)27-21(10-22)3-4-21/h5-6,9,11,23-25H,3-4,7-8H2,1-2H3,(H,27,28). The van der Waals surface area contributed by atoms with Crippen molar-refractivity contribution >= 4 is 56.7 Å². The van der Waals surface area contributed by atoms with Crippen molar-refractivity contribution in [2.75, 3.05) is 7.11 Å². The number of amides is 1. The number of methoxy groups -OCH3 is 1. The van der Waals surface area contributed by atoms with Gasteiger partial charge in [-0.25, -0.2) is 4.98 Å². The van der Waals surface area contributed by atoms with Crippen LogP contribution >= 0.6 is 23.1 Å². The zero-order chi connectivity index (χ0) is 22.9. The number of nitrogens with one attached hydrogen (secondary N) is 4. The molecule has 0 spiro atoms. The second-order valence-electron chi connectivity index (χ2n) is 7.63. The van der Waals surface area contributed by atoms with E-state index >= 15 is 0 Å². The van der Waals surface area contributed by atoms with Crippen LogP contribution in [0.3, 0.4) is 0 Å². The fourth-order valence-corrected chi connectivity index (χ4v) is 5.01. The molecule has 0 bridgehead atoms. The van der Waals surface area contributed by atoms with E-state index in [-0.39, 0.29) is 24.6 Å². The molecule has 1 unspecified atom stereocenters. The molecule has 11 heteroatoms. The number of carbonyl (C=O) groups is 1. The summed E-state index contributed by atoms with van der Waals surface area (Å²) in [5, 5.41) is 34.0. The molecule has 1 atom stereocenters. The van der Waals surface area contributed by atoms with E-state index in [0.717, 1.165) is 16.0 Å².